The molecule has 7 heteroatoms. The fraction of sp³-hybridized carbons (Fsp3) is 0.294. The number of benzene rings is 1. The maximum absolute atomic E-state index is 12.5. The van der Waals surface area contributed by atoms with Crippen LogP contribution in [0.1, 0.15) is 17.5 Å². The molecule has 1 aromatic heterocycles. The third-order valence-corrected chi connectivity index (χ3v) is 4.14. The van der Waals surface area contributed by atoms with E-state index in [9.17, 15) is 9.59 Å². The Labute approximate surface area is 139 Å². The molecule has 1 fully saturated rings. The number of hydrogen-bond donors (Lipinski definition) is 1. The monoisotopic (exact) mass is 323 g/mol. The van der Waals surface area contributed by atoms with E-state index in [1.807, 2.05) is 37.3 Å². The molecule has 1 aromatic carbocycles. The standard InChI is InChI=1S/C17H17N5O2/c1-11-3-5-14(6-4-11)22-10-12(7-15(22)23)17(24)20-16-13(8-18)9-19-21(16)2/h3-6,9,12H,7,10H2,1-2H3,(H,20,24). The lowest BCUT2D eigenvalue weighted by atomic mass is 10.1. The van der Waals surface area contributed by atoms with Gasteiger partial charge >= 0.3 is 0 Å². The summed E-state index contributed by atoms with van der Waals surface area (Å²) in [6.07, 6.45) is 1.55. The van der Waals surface area contributed by atoms with Crippen LogP contribution in [0.2, 0.25) is 0 Å². The number of nitriles is 1. The number of hydrogen-bond acceptors (Lipinski definition) is 4. The minimum Gasteiger partial charge on any atom is -0.312 e. The molecule has 1 aliphatic heterocycles. The van der Waals surface area contributed by atoms with Gasteiger partial charge in [0, 0.05) is 25.7 Å². The van der Waals surface area contributed by atoms with Crippen molar-refractivity contribution in [2.75, 3.05) is 16.8 Å². The van der Waals surface area contributed by atoms with E-state index in [2.05, 4.69) is 10.4 Å². The fourth-order valence-corrected chi connectivity index (χ4v) is 2.74. The molecule has 0 saturated carbocycles. The third-order valence-electron chi connectivity index (χ3n) is 4.14. The number of aryl methyl sites for hydroxylation is 2. The molecule has 0 radical (unpaired) electrons. The van der Waals surface area contributed by atoms with Gasteiger partial charge in [0.25, 0.3) is 0 Å². The zero-order valence-electron chi connectivity index (χ0n) is 13.5. The second-order valence-corrected chi connectivity index (χ2v) is 5.87. The van der Waals surface area contributed by atoms with Gasteiger partial charge in [0.15, 0.2) is 0 Å². The predicted octanol–water partition coefficient (Wildman–Crippen LogP) is 1.59. The number of nitrogens with one attached hydrogen (secondary N) is 1. The minimum absolute atomic E-state index is 0.0792. The van der Waals surface area contributed by atoms with E-state index in [0.29, 0.717) is 17.9 Å². The molecule has 1 unspecified atom stereocenters. The van der Waals surface area contributed by atoms with E-state index >= 15 is 0 Å². The summed E-state index contributed by atoms with van der Waals surface area (Å²) in [7, 11) is 1.65. The lowest BCUT2D eigenvalue weighted by molar-refractivity contribution is -0.122. The number of amides is 2. The third kappa shape index (κ3) is 2.86. The van der Waals surface area contributed by atoms with Crippen LogP contribution in [0.15, 0.2) is 30.5 Å². The van der Waals surface area contributed by atoms with E-state index in [1.165, 1.54) is 10.9 Å². The van der Waals surface area contributed by atoms with Crippen molar-refractivity contribution in [3.63, 3.8) is 0 Å². The van der Waals surface area contributed by atoms with E-state index in [4.69, 9.17) is 5.26 Å². The van der Waals surface area contributed by atoms with E-state index in [0.717, 1.165) is 11.3 Å². The summed E-state index contributed by atoms with van der Waals surface area (Å²) in [5, 5.41) is 15.7. The van der Waals surface area contributed by atoms with Crippen LogP contribution in [0.3, 0.4) is 0 Å². The molecule has 2 heterocycles. The van der Waals surface area contributed by atoms with Crippen molar-refractivity contribution >= 4 is 23.3 Å². The van der Waals surface area contributed by atoms with Crippen LogP contribution in [-0.4, -0.2) is 28.1 Å². The first-order valence-electron chi connectivity index (χ1n) is 7.59. The SMILES string of the molecule is Cc1ccc(N2CC(C(=O)Nc3c(C#N)cnn3C)CC2=O)cc1. The zero-order valence-corrected chi connectivity index (χ0v) is 13.5. The van der Waals surface area contributed by atoms with Gasteiger partial charge in [0.2, 0.25) is 11.8 Å². The molecular formula is C17H17N5O2. The first kappa shape index (κ1) is 15.7. The van der Waals surface area contributed by atoms with Crippen LogP contribution < -0.4 is 10.2 Å². The molecule has 0 aliphatic carbocycles. The van der Waals surface area contributed by atoms with Gasteiger partial charge < -0.3 is 10.2 Å². The van der Waals surface area contributed by atoms with Gasteiger partial charge in [-0.25, -0.2) is 0 Å². The molecule has 1 saturated heterocycles. The van der Waals surface area contributed by atoms with Crippen LogP contribution in [0.5, 0.6) is 0 Å². The number of anilines is 2. The average Bonchev–Trinajstić information content (AvgIpc) is 3.12. The Hall–Kier alpha value is -3.14. The highest BCUT2D eigenvalue weighted by atomic mass is 16.2. The topological polar surface area (TPSA) is 91.0 Å². The summed E-state index contributed by atoms with van der Waals surface area (Å²) in [5.74, 6) is -0.466. The van der Waals surface area contributed by atoms with Crippen molar-refractivity contribution in [1.82, 2.24) is 9.78 Å². The Morgan fingerprint density at radius 2 is 2.08 bits per heavy atom. The second kappa shape index (κ2) is 6.16. The first-order chi connectivity index (χ1) is 11.5. The van der Waals surface area contributed by atoms with Crippen molar-refractivity contribution in [3.05, 3.63) is 41.6 Å². The lowest BCUT2D eigenvalue weighted by Gasteiger charge is -2.17. The normalized spacial score (nSPS) is 17.0. The summed E-state index contributed by atoms with van der Waals surface area (Å²) in [5.41, 5.74) is 2.20. The molecule has 24 heavy (non-hydrogen) atoms. The number of carbonyl (C=O) groups is 2. The summed E-state index contributed by atoms with van der Waals surface area (Å²) < 4.78 is 1.44. The Bertz CT molecular complexity index is 832. The lowest BCUT2D eigenvalue weighted by Crippen LogP contribution is -2.28. The van der Waals surface area contributed by atoms with Gasteiger partial charge in [-0.15, -0.1) is 0 Å². The summed E-state index contributed by atoms with van der Waals surface area (Å²) in [6, 6.07) is 9.61. The minimum atomic E-state index is -0.458. The Kier molecular flexibility index (Phi) is 4.04. The molecule has 1 N–H and O–H groups in total. The van der Waals surface area contributed by atoms with Crippen LogP contribution in [0.25, 0.3) is 0 Å². The van der Waals surface area contributed by atoms with Crippen molar-refractivity contribution in [2.45, 2.75) is 13.3 Å². The maximum atomic E-state index is 12.5. The smallest absolute Gasteiger partial charge is 0.230 e. The molecule has 0 bridgehead atoms. The average molecular weight is 323 g/mol. The Morgan fingerprint density at radius 3 is 2.75 bits per heavy atom. The quantitative estimate of drug-likeness (QED) is 0.928. The molecule has 0 spiro atoms. The summed E-state index contributed by atoms with van der Waals surface area (Å²) >= 11 is 0. The molecule has 1 atom stereocenters. The van der Waals surface area contributed by atoms with Gasteiger partial charge in [-0.2, -0.15) is 10.4 Å². The highest BCUT2D eigenvalue weighted by Crippen LogP contribution is 2.26. The highest BCUT2D eigenvalue weighted by molar-refractivity contribution is 6.03. The number of carbonyl (C=O) groups excluding carboxylic acids is 2. The molecular weight excluding hydrogens is 306 g/mol. The fourth-order valence-electron chi connectivity index (χ4n) is 2.74. The van der Waals surface area contributed by atoms with Gasteiger partial charge in [0.1, 0.15) is 17.5 Å². The number of rotatable bonds is 3. The molecule has 2 amide bonds. The summed E-state index contributed by atoms with van der Waals surface area (Å²) in [6.45, 7) is 2.31. The van der Waals surface area contributed by atoms with E-state index in [-0.39, 0.29) is 18.2 Å². The Balaban J connectivity index is 1.73. The van der Waals surface area contributed by atoms with Gasteiger partial charge in [0.05, 0.1) is 12.1 Å². The van der Waals surface area contributed by atoms with Crippen LogP contribution >= 0.6 is 0 Å². The molecule has 3 rings (SSSR count). The Morgan fingerprint density at radius 1 is 1.38 bits per heavy atom. The van der Waals surface area contributed by atoms with E-state index in [1.54, 1.807) is 11.9 Å². The van der Waals surface area contributed by atoms with Crippen LogP contribution in [-0.2, 0) is 16.6 Å². The molecule has 7 nitrogen and oxygen atoms in total. The van der Waals surface area contributed by atoms with Gasteiger partial charge in [-0.1, -0.05) is 17.7 Å². The van der Waals surface area contributed by atoms with Crippen LogP contribution in [0, 0.1) is 24.2 Å². The number of aromatic nitrogens is 2. The van der Waals surface area contributed by atoms with Crippen molar-refractivity contribution in [2.24, 2.45) is 13.0 Å². The maximum Gasteiger partial charge on any atom is 0.230 e. The number of nitrogens with zero attached hydrogens (tertiary/aromatic N) is 4. The molecule has 2 aromatic rings. The van der Waals surface area contributed by atoms with E-state index < -0.39 is 5.92 Å². The largest absolute Gasteiger partial charge is 0.312 e. The highest BCUT2D eigenvalue weighted by Gasteiger charge is 2.35. The predicted molar refractivity (Wildman–Crippen MR) is 88.2 cm³/mol. The molecule has 1 aliphatic rings. The van der Waals surface area contributed by atoms with Crippen LogP contribution in [0.4, 0.5) is 11.5 Å². The van der Waals surface area contributed by atoms with Crippen molar-refractivity contribution in [3.8, 4) is 6.07 Å². The van der Waals surface area contributed by atoms with Crippen molar-refractivity contribution in [1.29, 1.82) is 5.26 Å². The second-order valence-electron chi connectivity index (χ2n) is 5.87. The molecule has 122 valence electrons. The van der Waals surface area contributed by atoms with Crippen molar-refractivity contribution < 1.29 is 9.59 Å². The first-order valence-corrected chi connectivity index (χ1v) is 7.59. The summed E-state index contributed by atoms with van der Waals surface area (Å²) in [4.78, 5) is 26.3. The zero-order chi connectivity index (χ0) is 17.3. The van der Waals surface area contributed by atoms with Gasteiger partial charge in [-0.05, 0) is 19.1 Å². The van der Waals surface area contributed by atoms with Gasteiger partial charge in [-0.3, -0.25) is 14.3 Å².